The van der Waals surface area contributed by atoms with E-state index < -0.39 is 0 Å². The molecule has 2 saturated heterocycles. The summed E-state index contributed by atoms with van der Waals surface area (Å²) in [6.45, 7) is 6.59. The number of halogens is 1. The summed E-state index contributed by atoms with van der Waals surface area (Å²) >= 11 is 6.45. The van der Waals surface area contributed by atoms with Crippen molar-refractivity contribution in [1.82, 2.24) is 9.88 Å². The van der Waals surface area contributed by atoms with Gasteiger partial charge in [-0.2, -0.15) is 0 Å². The molecule has 2 aliphatic rings. The van der Waals surface area contributed by atoms with Gasteiger partial charge in [0.2, 0.25) is 0 Å². The van der Waals surface area contributed by atoms with Gasteiger partial charge in [0.05, 0.1) is 13.2 Å². The van der Waals surface area contributed by atoms with Crippen LogP contribution in [0.15, 0.2) is 42.7 Å². The van der Waals surface area contributed by atoms with E-state index in [1.54, 1.807) is 0 Å². The normalized spacial score (nSPS) is 19.2. The van der Waals surface area contributed by atoms with E-state index in [4.69, 9.17) is 16.3 Å². The number of benzene rings is 1. The number of morpholine rings is 1. The number of anilines is 2. The fourth-order valence-electron chi connectivity index (χ4n) is 3.86. The molecular formula is C21H27ClN4O. The van der Waals surface area contributed by atoms with Crippen molar-refractivity contribution in [2.75, 3.05) is 49.6 Å². The highest BCUT2D eigenvalue weighted by atomic mass is 35.5. The summed E-state index contributed by atoms with van der Waals surface area (Å²) in [5.74, 6) is 0. The molecular weight excluding hydrogens is 360 g/mol. The Morgan fingerprint density at radius 1 is 1.04 bits per heavy atom. The Morgan fingerprint density at radius 3 is 2.52 bits per heavy atom. The van der Waals surface area contributed by atoms with E-state index in [2.05, 4.69) is 44.4 Å². The predicted octanol–water partition coefficient (Wildman–Crippen LogP) is 3.65. The van der Waals surface area contributed by atoms with Gasteiger partial charge in [0, 0.05) is 67.6 Å². The number of piperidine rings is 1. The fraction of sp³-hybridized carbons (Fsp3) is 0.476. The van der Waals surface area contributed by atoms with Crippen LogP contribution in [0.1, 0.15) is 18.4 Å². The summed E-state index contributed by atoms with van der Waals surface area (Å²) in [4.78, 5) is 8.95. The highest BCUT2D eigenvalue weighted by Crippen LogP contribution is 2.25. The smallest absolute Gasteiger partial charge is 0.0594 e. The van der Waals surface area contributed by atoms with Crippen molar-refractivity contribution in [3.05, 3.63) is 53.3 Å². The molecule has 6 heteroatoms. The van der Waals surface area contributed by atoms with E-state index in [9.17, 15) is 0 Å². The first-order valence-corrected chi connectivity index (χ1v) is 10.2. The molecule has 27 heavy (non-hydrogen) atoms. The van der Waals surface area contributed by atoms with Crippen LogP contribution in [-0.2, 0) is 11.3 Å². The molecule has 0 radical (unpaired) electrons. The number of pyridine rings is 1. The van der Waals surface area contributed by atoms with Gasteiger partial charge in [-0.25, -0.2) is 0 Å². The lowest BCUT2D eigenvalue weighted by Crippen LogP contribution is -2.39. The third kappa shape index (κ3) is 4.92. The van der Waals surface area contributed by atoms with E-state index in [0.717, 1.165) is 63.8 Å². The van der Waals surface area contributed by atoms with Crippen molar-refractivity contribution >= 4 is 23.0 Å². The number of nitrogens with one attached hydrogen (secondary N) is 1. The molecule has 5 nitrogen and oxygen atoms in total. The first-order valence-electron chi connectivity index (χ1n) is 9.78. The van der Waals surface area contributed by atoms with Gasteiger partial charge < -0.3 is 15.0 Å². The highest BCUT2D eigenvalue weighted by Gasteiger charge is 2.20. The molecule has 1 aromatic carbocycles. The summed E-state index contributed by atoms with van der Waals surface area (Å²) in [5, 5.41) is 4.56. The van der Waals surface area contributed by atoms with Crippen molar-refractivity contribution in [3.63, 3.8) is 0 Å². The van der Waals surface area contributed by atoms with Crippen LogP contribution in [0.5, 0.6) is 0 Å². The van der Waals surface area contributed by atoms with Crippen LogP contribution in [0.3, 0.4) is 0 Å². The minimum Gasteiger partial charge on any atom is -0.382 e. The van der Waals surface area contributed by atoms with Crippen molar-refractivity contribution in [1.29, 1.82) is 0 Å². The van der Waals surface area contributed by atoms with Gasteiger partial charge in [0.15, 0.2) is 0 Å². The Balaban J connectivity index is 1.34. The maximum atomic E-state index is 6.45. The number of ether oxygens (including phenoxy) is 1. The minimum absolute atomic E-state index is 0.500. The second-order valence-corrected chi connectivity index (χ2v) is 7.71. The second kappa shape index (κ2) is 8.91. The largest absolute Gasteiger partial charge is 0.382 e. The molecule has 2 aliphatic heterocycles. The zero-order valence-corrected chi connectivity index (χ0v) is 16.4. The zero-order valence-electron chi connectivity index (χ0n) is 15.6. The molecule has 144 valence electrons. The molecule has 4 rings (SSSR count). The van der Waals surface area contributed by atoms with Gasteiger partial charge in [0.1, 0.15) is 0 Å². The average Bonchev–Trinajstić information content (AvgIpc) is 2.72. The molecule has 2 aromatic rings. The molecule has 1 aromatic heterocycles. The molecule has 0 saturated carbocycles. The molecule has 0 unspecified atom stereocenters. The fourth-order valence-corrected chi connectivity index (χ4v) is 4.04. The van der Waals surface area contributed by atoms with Crippen molar-refractivity contribution < 1.29 is 4.74 Å². The molecule has 1 N–H and O–H groups in total. The van der Waals surface area contributed by atoms with Crippen LogP contribution in [-0.4, -0.2) is 55.3 Å². The molecule has 0 aliphatic carbocycles. The summed E-state index contributed by atoms with van der Waals surface area (Å²) < 4.78 is 5.44. The van der Waals surface area contributed by atoms with E-state index in [-0.39, 0.29) is 0 Å². The maximum absolute atomic E-state index is 6.45. The number of hydrogen-bond donors (Lipinski definition) is 1. The molecule has 0 bridgehead atoms. The van der Waals surface area contributed by atoms with Crippen molar-refractivity contribution in [2.45, 2.75) is 25.4 Å². The monoisotopic (exact) mass is 386 g/mol. The first-order chi connectivity index (χ1) is 13.3. The molecule has 3 heterocycles. The van der Waals surface area contributed by atoms with Crippen LogP contribution in [0.4, 0.5) is 11.4 Å². The Morgan fingerprint density at radius 2 is 1.78 bits per heavy atom. The van der Waals surface area contributed by atoms with E-state index in [1.165, 1.54) is 16.9 Å². The van der Waals surface area contributed by atoms with Crippen LogP contribution in [0, 0.1) is 0 Å². The summed E-state index contributed by atoms with van der Waals surface area (Å²) in [6, 6.07) is 11.0. The van der Waals surface area contributed by atoms with Gasteiger partial charge in [-0.1, -0.05) is 11.6 Å². The Hall–Kier alpha value is -1.82. The molecule has 0 amide bonds. The Kier molecular flexibility index (Phi) is 6.12. The van der Waals surface area contributed by atoms with Crippen LogP contribution >= 0.6 is 11.6 Å². The maximum Gasteiger partial charge on any atom is 0.0594 e. The lowest BCUT2D eigenvalue weighted by Gasteiger charge is -2.34. The highest BCUT2D eigenvalue weighted by molar-refractivity contribution is 6.31. The van der Waals surface area contributed by atoms with Gasteiger partial charge in [-0.15, -0.1) is 0 Å². The van der Waals surface area contributed by atoms with Crippen molar-refractivity contribution in [2.24, 2.45) is 0 Å². The Labute approximate surface area is 166 Å². The number of rotatable bonds is 5. The van der Waals surface area contributed by atoms with Crippen LogP contribution in [0.25, 0.3) is 0 Å². The first kappa shape index (κ1) is 18.5. The van der Waals surface area contributed by atoms with Gasteiger partial charge in [0.25, 0.3) is 0 Å². The van der Waals surface area contributed by atoms with Crippen LogP contribution < -0.4 is 10.2 Å². The van der Waals surface area contributed by atoms with E-state index in [0.29, 0.717) is 6.04 Å². The molecule has 0 atom stereocenters. The summed E-state index contributed by atoms with van der Waals surface area (Å²) in [6.07, 6.45) is 5.99. The quantitative estimate of drug-likeness (QED) is 0.849. The molecule has 2 fully saturated rings. The van der Waals surface area contributed by atoms with Gasteiger partial charge in [-0.05, 0) is 48.7 Å². The average molecular weight is 387 g/mol. The van der Waals surface area contributed by atoms with Crippen molar-refractivity contribution in [3.8, 4) is 0 Å². The SMILES string of the molecule is Clc1ccc(NC2CCN(c3ccncc3)CC2)cc1CN1CCOCC1. The third-order valence-electron chi connectivity index (χ3n) is 5.44. The summed E-state index contributed by atoms with van der Waals surface area (Å²) in [7, 11) is 0. The number of hydrogen-bond acceptors (Lipinski definition) is 5. The van der Waals surface area contributed by atoms with Gasteiger partial charge in [-0.3, -0.25) is 9.88 Å². The van der Waals surface area contributed by atoms with E-state index in [1.807, 2.05) is 18.5 Å². The minimum atomic E-state index is 0.500. The third-order valence-corrected chi connectivity index (χ3v) is 5.81. The lowest BCUT2D eigenvalue weighted by atomic mass is 10.0. The van der Waals surface area contributed by atoms with Gasteiger partial charge >= 0.3 is 0 Å². The standard InChI is InChI=1S/C21H27ClN4O/c22-21-2-1-19(15-17(21)16-25-11-13-27-14-12-25)24-18-5-9-26(10-6-18)20-3-7-23-8-4-20/h1-4,7-8,15,18,24H,5-6,9-14,16H2. The zero-order chi connectivity index (χ0) is 18.5. The van der Waals surface area contributed by atoms with Crippen LogP contribution in [0.2, 0.25) is 5.02 Å². The predicted molar refractivity (Wildman–Crippen MR) is 111 cm³/mol. The topological polar surface area (TPSA) is 40.6 Å². The molecule has 0 spiro atoms. The van der Waals surface area contributed by atoms with E-state index >= 15 is 0 Å². The number of nitrogens with zero attached hydrogens (tertiary/aromatic N) is 3. The number of aromatic nitrogens is 1. The second-order valence-electron chi connectivity index (χ2n) is 7.31. The summed E-state index contributed by atoms with van der Waals surface area (Å²) in [5.41, 5.74) is 3.63. The Bertz CT molecular complexity index is 728. The lowest BCUT2D eigenvalue weighted by molar-refractivity contribution is 0.0342.